The average molecular weight is 527 g/mol. The summed E-state index contributed by atoms with van der Waals surface area (Å²) in [5.41, 5.74) is 3.59. The topological polar surface area (TPSA) is 52.6 Å². The van der Waals surface area contributed by atoms with Crippen molar-refractivity contribution in [2.75, 3.05) is 50.7 Å². The summed E-state index contributed by atoms with van der Waals surface area (Å²) in [7, 11) is 0. The largest absolute Gasteiger partial charge is 0.353 e. The Kier molecular flexibility index (Phi) is 9.44. The molecule has 3 heterocycles. The maximum absolute atomic E-state index is 13.7. The summed E-state index contributed by atoms with van der Waals surface area (Å²) >= 11 is 6.12. The zero-order valence-electron chi connectivity index (χ0n) is 19.7. The van der Waals surface area contributed by atoms with Crippen molar-refractivity contribution in [2.45, 2.75) is 44.4 Å². The van der Waals surface area contributed by atoms with Crippen LogP contribution in [0.1, 0.15) is 54.8 Å². The number of anilines is 1. The standard InChI is InChI=1S/C25H32ClN5O.2ClH/c1-18-4-9-22-23(18)24(28-17-27-22)30-12-14-31(15-13-30)25(32)21(16-29-10-2-3-11-29)19-5-7-20(26)8-6-19;;/h5-8,17-18,21H,2-4,9-16H2,1H3;2*1H. The lowest BCUT2D eigenvalue weighted by Crippen LogP contribution is -2.51. The van der Waals surface area contributed by atoms with Crippen molar-refractivity contribution in [3.63, 3.8) is 0 Å². The predicted octanol–water partition coefficient (Wildman–Crippen LogP) is 4.55. The van der Waals surface area contributed by atoms with Gasteiger partial charge in [-0.3, -0.25) is 4.79 Å². The summed E-state index contributed by atoms with van der Waals surface area (Å²) in [6.45, 7) is 8.33. The molecule has 1 aromatic carbocycles. The van der Waals surface area contributed by atoms with Crippen LogP contribution in [0, 0.1) is 0 Å². The van der Waals surface area contributed by atoms with E-state index < -0.39 is 0 Å². The van der Waals surface area contributed by atoms with Crippen molar-refractivity contribution in [2.24, 2.45) is 0 Å². The third-order valence-electron chi connectivity index (χ3n) is 7.35. The summed E-state index contributed by atoms with van der Waals surface area (Å²) in [6, 6.07) is 7.83. The first-order valence-electron chi connectivity index (χ1n) is 12.0. The van der Waals surface area contributed by atoms with Crippen LogP contribution >= 0.6 is 36.4 Å². The fraction of sp³-hybridized carbons (Fsp3) is 0.560. The number of hydrogen-bond donors (Lipinski definition) is 0. The van der Waals surface area contributed by atoms with E-state index in [2.05, 4.69) is 31.6 Å². The van der Waals surface area contributed by atoms with Gasteiger partial charge in [0.2, 0.25) is 5.91 Å². The van der Waals surface area contributed by atoms with Crippen LogP contribution in [0.5, 0.6) is 0 Å². The van der Waals surface area contributed by atoms with Crippen molar-refractivity contribution in [1.82, 2.24) is 19.8 Å². The van der Waals surface area contributed by atoms with Crippen LogP contribution in [0.4, 0.5) is 5.82 Å². The second-order valence-electron chi connectivity index (χ2n) is 9.42. The number of carbonyl (C=O) groups is 1. The normalized spacial score (nSPS) is 20.9. The molecule has 6 nitrogen and oxygen atoms in total. The van der Waals surface area contributed by atoms with E-state index in [-0.39, 0.29) is 36.6 Å². The predicted molar refractivity (Wildman–Crippen MR) is 142 cm³/mol. The van der Waals surface area contributed by atoms with Gasteiger partial charge in [0, 0.05) is 49.0 Å². The smallest absolute Gasteiger partial charge is 0.231 e. The fourth-order valence-electron chi connectivity index (χ4n) is 5.48. The lowest BCUT2D eigenvalue weighted by atomic mass is 9.96. The molecule has 0 radical (unpaired) electrons. The first-order chi connectivity index (χ1) is 15.6. The molecule has 0 spiro atoms. The first-order valence-corrected chi connectivity index (χ1v) is 12.3. The van der Waals surface area contributed by atoms with Crippen molar-refractivity contribution < 1.29 is 4.79 Å². The quantitative estimate of drug-likeness (QED) is 0.572. The highest BCUT2D eigenvalue weighted by Gasteiger charge is 2.33. The number of amides is 1. The summed E-state index contributed by atoms with van der Waals surface area (Å²) in [6.07, 6.45) is 6.35. The summed E-state index contributed by atoms with van der Waals surface area (Å²) in [5, 5.41) is 0.710. The Morgan fingerprint density at radius 3 is 2.38 bits per heavy atom. The number of aryl methyl sites for hydroxylation is 1. The van der Waals surface area contributed by atoms with Crippen LogP contribution in [0.2, 0.25) is 5.02 Å². The van der Waals surface area contributed by atoms with Gasteiger partial charge >= 0.3 is 0 Å². The van der Waals surface area contributed by atoms with E-state index in [4.69, 9.17) is 11.6 Å². The second-order valence-corrected chi connectivity index (χ2v) is 9.86. The maximum Gasteiger partial charge on any atom is 0.231 e. The minimum absolute atomic E-state index is 0. The Morgan fingerprint density at radius 1 is 1.03 bits per heavy atom. The van der Waals surface area contributed by atoms with Gasteiger partial charge < -0.3 is 14.7 Å². The number of fused-ring (bicyclic) bond motifs is 1. The van der Waals surface area contributed by atoms with Crippen LogP contribution in [0.15, 0.2) is 30.6 Å². The molecular weight excluding hydrogens is 493 g/mol. The number of nitrogens with zero attached hydrogens (tertiary/aromatic N) is 5. The summed E-state index contributed by atoms with van der Waals surface area (Å²) in [4.78, 5) is 29.7. The zero-order valence-corrected chi connectivity index (χ0v) is 22.0. The van der Waals surface area contributed by atoms with E-state index >= 15 is 0 Å². The minimum atomic E-state index is -0.139. The number of piperazine rings is 1. The molecule has 186 valence electrons. The van der Waals surface area contributed by atoms with Gasteiger partial charge in [0.1, 0.15) is 12.1 Å². The van der Waals surface area contributed by atoms with Crippen LogP contribution < -0.4 is 4.90 Å². The van der Waals surface area contributed by atoms with E-state index in [0.29, 0.717) is 10.9 Å². The Balaban J connectivity index is 0.00000162. The third-order valence-corrected chi connectivity index (χ3v) is 7.61. The van der Waals surface area contributed by atoms with Gasteiger partial charge in [0.15, 0.2) is 0 Å². The number of carbonyl (C=O) groups excluding carboxylic acids is 1. The van der Waals surface area contributed by atoms with E-state index in [1.54, 1.807) is 6.33 Å². The second kappa shape index (κ2) is 11.9. The molecule has 1 aromatic heterocycles. The van der Waals surface area contributed by atoms with Gasteiger partial charge in [0.25, 0.3) is 0 Å². The molecule has 1 aliphatic carbocycles. The highest BCUT2D eigenvalue weighted by Crippen LogP contribution is 2.37. The van der Waals surface area contributed by atoms with Crippen LogP contribution in [-0.2, 0) is 11.2 Å². The number of aromatic nitrogens is 2. The molecule has 34 heavy (non-hydrogen) atoms. The molecule has 0 bridgehead atoms. The molecule has 2 saturated heterocycles. The van der Waals surface area contributed by atoms with Gasteiger partial charge in [-0.25, -0.2) is 9.97 Å². The average Bonchev–Trinajstić information content (AvgIpc) is 3.48. The number of likely N-dealkylation sites (tertiary alicyclic amines) is 1. The molecule has 2 fully saturated rings. The van der Waals surface area contributed by atoms with E-state index in [1.807, 2.05) is 24.3 Å². The Labute approximate surface area is 219 Å². The van der Waals surface area contributed by atoms with Crippen molar-refractivity contribution in [3.05, 3.63) is 52.4 Å². The molecular formula is C25H34Cl3N5O. The maximum atomic E-state index is 13.7. The van der Waals surface area contributed by atoms with E-state index in [1.165, 1.54) is 24.1 Å². The number of rotatable bonds is 5. The molecule has 0 saturated carbocycles. The zero-order chi connectivity index (χ0) is 22.1. The summed E-state index contributed by atoms with van der Waals surface area (Å²) < 4.78 is 0. The lowest BCUT2D eigenvalue weighted by molar-refractivity contribution is -0.133. The Bertz CT molecular complexity index is 960. The van der Waals surface area contributed by atoms with Crippen LogP contribution in [0.3, 0.4) is 0 Å². The lowest BCUT2D eigenvalue weighted by Gasteiger charge is -2.38. The molecule has 2 aliphatic heterocycles. The van der Waals surface area contributed by atoms with Crippen molar-refractivity contribution in [3.8, 4) is 0 Å². The Hall–Kier alpha value is -1.60. The van der Waals surface area contributed by atoms with Gasteiger partial charge in [-0.1, -0.05) is 30.7 Å². The fourth-order valence-corrected chi connectivity index (χ4v) is 5.60. The minimum Gasteiger partial charge on any atom is -0.353 e. The van der Waals surface area contributed by atoms with Crippen molar-refractivity contribution in [1.29, 1.82) is 0 Å². The van der Waals surface area contributed by atoms with Crippen LogP contribution in [0.25, 0.3) is 0 Å². The molecule has 2 aromatic rings. The van der Waals surface area contributed by atoms with Gasteiger partial charge in [-0.2, -0.15) is 0 Å². The Morgan fingerprint density at radius 2 is 1.71 bits per heavy atom. The molecule has 2 unspecified atom stereocenters. The first kappa shape index (κ1) is 27.0. The van der Waals surface area contributed by atoms with Crippen molar-refractivity contribution >= 4 is 48.1 Å². The molecule has 1 amide bonds. The van der Waals surface area contributed by atoms with Gasteiger partial charge in [-0.15, -0.1) is 24.8 Å². The number of halogens is 3. The highest BCUT2D eigenvalue weighted by atomic mass is 35.5. The molecule has 2 atom stereocenters. The highest BCUT2D eigenvalue weighted by molar-refractivity contribution is 6.30. The molecule has 9 heteroatoms. The van der Waals surface area contributed by atoms with E-state index in [0.717, 1.165) is 70.0 Å². The SMILES string of the molecule is CC1CCc2ncnc(N3CCN(C(=O)C(CN4CCCC4)c4ccc(Cl)cc4)CC3)c21.Cl.Cl. The van der Waals surface area contributed by atoms with E-state index in [9.17, 15) is 4.79 Å². The van der Waals surface area contributed by atoms with Gasteiger partial charge in [-0.05, 0) is 62.4 Å². The van der Waals surface area contributed by atoms with Gasteiger partial charge in [0.05, 0.1) is 5.92 Å². The summed E-state index contributed by atoms with van der Waals surface area (Å²) in [5.74, 6) is 1.69. The monoisotopic (exact) mass is 525 g/mol. The molecule has 0 N–H and O–H groups in total. The third kappa shape index (κ3) is 5.62. The number of benzene rings is 1. The molecule has 5 rings (SSSR count). The molecule has 3 aliphatic rings. The number of hydrogen-bond acceptors (Lipinski definition) is 5. The van der Waals surface area contributed by atoms with Crippen LogP contribution in [-0.4, -0.2) is 71.5 Å².